The summed E-state index contributed by atoms with van der Waals surface area (Å²) < 4.78 is 0. The highest BCUT2D eigenvalue weighted by atomic mass is 15.3. The van der Waals surface area contributed by atoms with Crippen LogP contribution in [0.15, 0.2) is 29.5 Å². The lowest BCUT2D eigenvalue weighted by Crippen LogP contribution is -1.90. The largest absolute Gasteiger partial charge is 0.286 e. The van der Waals surface area contributed by atoms with Crippen LogP contribution in [0.3, 0.4) is 0 Å². The van der Waals surface area contributed by atoms with Gasteiger partial charge in [0.05, 0.1) is 0 Å². The number of hydrazone groups is 1. The molecule has 0 amide bonds. The first-order valence-corrected chi connectivity index (χ1v) is 3.10. The van der Waals surface area contributed by atoms with Crippen LogP contribution in [0.1, 0.15) is 20.8 Å². The molecule has 0 saturated carbocycles. The molecule has 0 radical (unpaired) electrons. The van der Waals surface area contributed by atoms with E-state index in [4.69, 9.17) is 0 Å². The van der Waals surface area contributed by atoms with E-state index in [-0.39, 0.29) is 0 Å². The zero-order valence-electron chi connectivity index (χ0n) is 7.02. The molecule has 0 saturated heterocycles. The van der Waals surface area contributed by atoms with Gasteiger partial charge in [0.25, 0.3) is 0 Å². The van der Waals surface area contributed by atoms with E-state index < -0.39 is 0 Å². The van der Waals surface area contributed by atoms with Crippen molar-refractivity contribution in [2.45, 2.75) is 20.8 Å². The van der Waals surface area contributed by atoms with Gasteiger partial charge in [0.2, 0.25) is 0 Å². The first-order chi connectivity index (χ1) is 4.68. The first-order valence-electron chi connectivity index (χ1n) is 3.10. The summed E-state index contributed by atoms with van der Waals surface area (Å²) >= 11 is 0. The summed E-state index contributed by atoms with van der Waals surface area (Å²) in [5.74, 6) is 0. The van der Waals surface area contributed by atoms with Gasteiger partial charge in [-0.3, -0.25) is 5.43 Å². The molecule has 0 aliphatic rings. The van der Waals surface area contributed by atoms with Crippen LogP contribution in [0.5, 0.6) is 0 Å². The lowest BCUT2D eigenvalue weighted by atomic mass is 10.4. The Hall–Kier alpha value is -1.05. The molecule has 10 heavy (non-hydrogen) atoms. The molecule has 0 aromatic carbocycles. The van der Waals surface area contributed by atoms with Crippen molar-refractivity contribution in [3.8, 4) is 0 Å². The van der Waals surface area contributed by atoms with Gasteiger partial charge in [-0.2, -0.15) is 5.10 Å². The zero-order valence-corrected chi connectivity index (χ0v) is 7.02. The Morgan fingerprint density at radius 1 is 1.50 bits per heavy atom. The summed E-state index contributed by atoms with van der Waals surface area (Å²) in [4.78, 5) is 0. The molecule has 0 spiro atoms. The van der Waals surface area contributed by atoms with Gasteiger partial charge in [0.1, 0.15) is 0 Å². The number of rotatable bonds is 2. The topological polar surface area (TPSA) is 24.4 Å². The monoisotopic (exact) mass is 140 g/mol. The molecule has 0 aromatic heterocycles. The van der Waals surface area contributed by atoms with E-state index in [2.05, 4.69) is 23.8 Å². The van der Waals surface area contributed by atoms with Crippen molar-refractivity contribution in [2.75, 3.05) is 0 Å². The molecule has 0 bridgehead atoms. The molecule has 0 heterocycles. The van der Waals surface area contributed by atoms with Crippen molar-refractivity contribution in [2.24, 2.45) is 5.10 Å². The number of nitrogens with zero attached hydrogens (tertiary/aromatic N) is 1. The summed E-state index contributed by atoms with van der Waals surface area (Å²) in [6.45, 7) is 12.4. The summed E-state index contributed by atoms with van der Waals surface area (Å²) in [7, 11) is 0. The smallest absolute Gasteiger partial charge is 0.0186 e. The standard InChI is InChI=1S/C5H10N2.C3H6/c1-5(2)4-7-6-3;1-3-2/h4,7H,3H2,1-2H3;3H,1H2,2H3. The lowest BCUT2D eigenvalue weighted by Gasteiger charge is -1.86. The highest BCUT2D eigenvalue weighted by Gasteiger charge is 1.67. The van der Waals surface area contributed by atoms with Crippen molar-refractivity contribution in [3.05, 3.63) is 24.4 Å². The minimum absolute atomic E-state index is 1.19. The second-order valence-electron chi connectivity index (χ2n) is 1.92. The minimum atomic E-state index is 1.19. The predicted octanol–water partition coefficient (Wildman–Crippen LogP) is 2.31. The second-order valence-corrected chi connectivity index (χ2v) is 1.92. The Bertz CT molecular complexity index is 110. The third kappa shape index (κ3) is 28.3. The zero-order chi connectivity index (χ0) is 8.41. The quantitative estimate of drug-likeness (QED) is 0.355. The Kier molecular flexibility index (Phi) is 12.7. The van der Waals surface area contributed by atoms with Crippen molar-refractivity contribution < 1.29 is 0 Å². The van der Waals surface area contributed by atoms with Crippen molar-refractivity contribution in [1.29, 1.82) is 0 Å². The van der Waals surface area contributed by atoms with E-state index in [1.54, 1.807) is 12.3 Å². The third-order valence-electron chi connectivity index (χ3n) is 0.445. The van der Waals surface area contributed by atoms with Gasteiger partial charge in [0.15, 0.2) is 0 Å². The lowest BCUT2D eigenvalue weighted by molar-refractivity contribution is 0.963. The molecule has 0 atom stereocenters. The maximum absolute atomic E-state index is 3.40. The minimum Gasteiger partial charge on any atom is -0.286 e. The number of allylic oxidation sites excluding steroid dienone is 2. The van der Waals surface area contributed by atoms with E-state index in [0.717, 1.165) is 0 Å². The van der Waals surface area contributed by atoms with Gasteiger partial charge in [-0.1, -0.05) is 11.6 Å². The molecule has 0 unspecified atom stereocenters. The first kappa shape index (κ1) is 11.7. The van der Waals surface area contributed by atoms with Crippen LogP contribution in [0.2, 0.25) is 0 Å². The Balaban J connectivity index is 0. The van der Waals surface area contributed by atoms with Gasteiger partial charge >= 0.3 is 0 Å². The molecule has 2 nitrogen and oxygen atoms in total. The van der Waals surface area contributed by atoms with Crippen LogP contribution in [-0.2, 0) is 0 Å². The van der Waals surface area contributed by atoms with E-state index in [9.17, 15) is 0 Å². The molecule has 0 aromatic rings. The van der Waals surface area contributed by atoms with Crippen LogP contribution >= 0.6 is 0 Å². The maximum atomic E-state index is 3.40. The highest BCUT2D eigenvalue weighted by Crippen LogP contribution is 1.81. The molecule has 0 aliphatic heterocycles. The molecule has 0 rings (SSSR count). The molecule has 1 N–H and O–H groups in total. The van der Waals surface area contributed by atoms with E-state index >= 15 is 0 Å². The van der Waals surface area contributed by atoms with Crippen LogP contribution in [0, 0.1) is 0 Å². The molecule has 2 heteroatoms. The average Bonchev–Trinajstić information content (AvgIpc) is 1.85. The third-order valence-corrected chi connectivity index (χ3v) is 0.445. The number of hydrogen-bond acceptors (Lipinski definition) is 2. The SMILES string of the molecule is C=CC.C=NNC=C(C)C. The second kappa shape index (κ2) is 10.8. The van der Waals surface area contributed by atoms with Crippen LogP contribution in [0.4, 0.5) is 0 Å². The number of nitrogens with one attached hydrogen (secondary N) is 1. The van der Waals surface area contributed by atoms with E-state index in [1.165, 1.54) is 5.57 Å². The maximum Gasteiger partial charge on any atom is 0.0186 e. The van der Waals surface area contributed by atoms with Crippen LogP contribution < -0.4 is 5.43 Å². The fourth-order valence-corrected chi connectivity index (χ4v) is 0.175. The van der Waals surface area contributed by atoms with Gasteiger partial charge < -0.3 is 0 Å². The van der Waals surface area contributed by atoms with Gasteiger partial charge in [0, 0.05) is 12.9 Å². The predicted molar refractivity (Wildman–Crippen MR) is 48.0 cm³/mol. The molecular formula is C8H16N2. The molecule has 0 fully saturated rings. The molecular weight excluding hydrogens is 124 g/mol. The Morgan fingerprint density at radius 2 is 1.90 bits per heavy atom. The summed E-state index contributed by atoms with van der Waals surface area (Å²) in [6.07, 6.45) is 3.53. The molecule has 58 valence electrons. The number of hydrogen-bond donors (Lipinski definition) is 1. The van der Waals surface area contributed by atoms with Crippen LogP contribution in [-0.4, -0.2) is 6.72 Å². The fourth-order valence-electron chi connectivity index (χ4n) is 0.175. The van der Waals surface area contributed by atoms with Gasteiger partial charge in [-0.05, 0) is 20.8 Å². The van der Waals surface area contributed by atoms with Crippen LogP contribution in [0.25, 0.3) is 0 Å². The summed E-state index contributed by atoms with van der Waals surface area (Å²) in [5, 5.41) is 3.40. The summed E-state index contributed by atoms with van der Waals surface area (Å²) in [6, 6.07) is 0. The average molecular weight is 140 g/mol. The normalized spacial score (nSPS) is 6.30. The van der Waals surface area contributed by atoms with Crippen molar-refractivity contribution >= 4 is 6.72 Å². The van der Waals surface area contributed by atoms with Crippen molar-refractivity contribution in [3.63, 3.8) is 0 Å². The highest BCUT2D eigenvalue weighted by molar-refractivity contribution is 5.22. The Labute approximate surface area is 63.3 Å². The fraction of sp³-hybridized carbons (Fsp3) is 0.375. The van der Waals surface area contributed by atoms with E-state index in [1.807, 2.05) is 20.8 Å². The molecule has 0 aliphatic carbocycles. The van der Waals surface area contributed by atoms with E-state index in [0.29, 0.717) is 0 Å². The Morgan fingerprint density at radius 3 is 2.00 bits per heavy atom. The van der Waals surface area contributed by atoms with Gasteiger partial charge in [-0.15, -0.1) is 6.58 Å². The van der Waals surface area contributed by atoms with Gasteiger partial charge in [-0.25, -0.2) is 0 Å². The summed E-state index contributed by atoms with van der Waals surface area (Å²) in [5.41, 5.74) is 3.79. The van der Waals surface area contributed by atoms with Crippen molar-refractivity contribution in [1.82, 2.24) is 5.43 Å².